The Labute approximate surface area is 207 Å². The van der Waals surface area contributed by atoms with Crippen LogP contribution in [0, 0.1) is 26.6 Å². The van der Waals surface area contributed by atoms with Crippen LogP contribution in [-0.4, -0.2) is 11.0 Å². The van der Waals surface area contributed by atoms with Crippen molar-refractivity contribution in [2.75, 3.05) is 5.32 Å². The molecule has 2 aromatic heterocycles. The highest BCUT2D eigenvalue weighted by Gasteiger charge is 2.17. The topological polar surface area (TPSA) is 38.1 Å². The van der Waals surface area contributed by atoms with Gasteiger partial charge in [0.2, 0.25) is 0 Å². The second kappa shape index (κ2) is 10.1. The van der Waals surface area contributed by atoms with Crippen LogP contribution in [0.3, 0.4) is 0 Å². The molecule has 3 nitrogen and oxygen atoms in total. The number of halogens is 1. The molecule has 1 aliphatic rings. The number of hydrogen-bond donors (Lipinski definition) is 1. The molecule has 1 aliphatic carbocycles. The summed E-state index contributed by atoms with van der Waals surface area (Å²) in [6.07, 6.45) is 10.00. The predicted octanol–water partition coefficient (Wildman–Crippen LogP) is 8.21. The lowest BCUT2D eigenvalue weighted by atomic mass is 9.87. The van der Waals surface area contributed by atoms with Gasteiger partial charge < -0.3 is 9.73 Å². The quantitative estimate of drug-likeness (QED) is 0.297. The Balaban J connectivity index is 1.38. The molecule has 2 heterocycles. The molecule has 1 fully saturated rings. The molecule has 5 rings (SSSR count). The van der Waals surface area contributed by atoms with Gasteiger partial charge in [0.1, 0.15) is 17.4 Å². The number of nitrogens with zero attached hydrogens (tertiary/aromatic N) is 1. The number of hydrogen-bond acceptors (Lipinski definition) is 3. The summed E-state index contributed by atoms with van der Waals surface area (Å²) in [5, 5.41) is 3.56. The minimum Gasteiger partial charge on any atom is -0.469 e. The van der Waals surface area contributed by atoms with E-state index in [0.717, 1.165) is 33.8 Å². The van der Waals surface area contributed by atoms with Crippen LogP contribution in [-0.2, 0) is 12.8 Å². The summed E-state index contributed by atoms with van der Waals surface area (Å²) in [5.74, 6) is 1.67. The third kappa shape index (κ3) is 5.02. The average Bonchev–Trinajstić information content (AvgIpc) is 3.56. The molecule has 180 valence electrons. The number of aromatic nitrogens is 1. The van der Waals surface area contributed by atoms with Crippen LogP contribution in [0.4, 0.5) is 10.2 Å². The summed E-state index contributed by atoms with van der Waals surface area (Å²) in [4.78, 5) is 4.69. The summed E-state index contributed by atoms with van der Waals surface area (Å²) in [7, 11) is 0. The zero-order chi connectivity index (χ0) is 24.4. The van der Waals surface area contributed by atoms with Gasteiger partial charge in [-0.05, 0) is 109 Å². The average molecular weight is 469 g/mol. The Morgan fingerprint density at radius 2 is 1.74 bits per heavy atom. The van der Waals surface area contributed by atoms with Gasteiger partial charge in [-0.1, -0.05) is 31.0 Å². The highest BCUT2D eigenvalue weighted by molar-refractivity contribution is 5.80. The molecule has 0 amide bonds. The molecule has 1 N–H and O–H groups in total. The molecule has 0 spiro atoms. The van der Waals surface area contributed by atoms with Crippen molar-refractivity contribution in [1.82, 2.24) is 4.98 Å². The van der Waals surface area contributed by atoms with E-state index in [2.05, 4.69) is 49.3 Å². The van der Waals surface area contributed by atoms with Gasteiger partial charge >= 0.3 is 0 Å². The normalized spacial score (nSPS) is 13.9. The van der Waals surface area contributed by atoms with Gasteiger partial charge in [-0.2, -0.15) is 0 Å². The minimum absolute atomic E-state index is 0.163. The number of aryl methyl sites for hydroxylation is 3. The van der Waals surface area contributed by atoms with Crippen molar-refractivity contribution >= 4 is 5.82 Å². The van der Waals surface area contributed by atoms with Crippen molar-refractivity contribution in [3.8, 4) is 22.3 Å². The van der Waals surface area contributed by atoms with E-state index in [4.69, 9.17) is 4.42 Å². The first-order valence-corrected chi connectivity index (χ1v) is 12.6. The highest BCUT2D eigenvalue weighted by Crippen LogP contribution is 2.36. The number of furan rings is 1. The Hall–Kier alpha value is -3.40. The molecule has 2 aromatic carbocycles. The van der Waals surface area contributed by atoms with Crippen molar-refractivity contribution in [3.05, 3.63) is 94.8 Å². The fourth-order valence-corrected chi connectivity index (χ4v) is 5.36. The van der Waals surface area contributed by atoms with Crippen LogP contribution in [0.1, 0.15) is 53.7 Å². The molecule has 0 bridgehead atoms. The van der Waals surface area contributed by atoms with Gasteiger partial charge in [-0.3, -0.25) is 0 Å². The predicted molar refractivity (Wildman–Crippen MR) is 141 cm³/mol. The van der Waals surface area contributed by atoms with E-state index in [9.17, 15) is 0 Å². The van der Waals surface area contributed by atoms with Gasteiger partial charge in [-0.25, -0.2) is 9.37 Å². The highest BCUT2D eigenvalue weighted by atomic mass is 19.1. The number of benzene rings is 2. The van der Waals surface area contributed by atoms with E-state index < -0.39 is 0 Å². The zero-order valence-corrected chi connectivity index (χ0v) is 20.8. The van der Waals surface area contributed by atoms with Crippen LogP contribution in [0.15, 0.2) is 65.4 Å². The lowest BCUT2D eigenvalue weighted by molar-refractivity contribution is 0.505. The van der Waals surface area contributed by atoms with E-state index in [1.54, 1.807) is 12.3 Å². The summed E-state index contributed by atoms with van der Waals surface area (Å²) >= 11 is 0. The maximum Gasteiger partial charge on any atom is 0.127 e. The first kappa shape index (κ1) is 23.3. The molecule has 0 aliphatic heterocycles. The van der Waals surface area contributed by atoms with Crippen molar-refractivity contribution < 1.29 is 8.81 Å². The molecule has 4 aromatic rings. The third-order valence-corrected chi connectivity index (χ3v) is 7.44. The van der Waals surface area contributed by atoms with E-state index in [1.165, 1.54) is 42.4 Å². The molecule has 0 saturated heterocycles. The molecule has 1 saturated carbocycles. The van der Waals surface area contributed by atoms with Crippen molar-refractivity contribution in [1.29, 1.82) is 0 Å². The molecule has 0 radical (unpaired) electrons. The van der Waals surface area contributed by atoms with E-state index in [1.807, 2.05) is 30.5 Å². The lowest BCUT2D eigenvalue weighted by Gasteiger charge is -2.18. The Morgan fingerprint density at radius 3 is 2.43 bits per heavy atom. The van der Waals surface area contributed by atoms with E-state index in [0.29, 0.717) is 24.4 Å². The Morgan fingerprint density at radius 1 is 0.943 bits per heavy atom. The Bertz CT molecular complexity index is 1300. The molecule has 0 atom stereocenters. The van der Waals surface area contributed by atoms with Gasteiger partial charge in [-0.15, -0.1) is 0 Å². The number of nitrogens with one attached hydrogen (secondary N) is 1. The lowest BCUT2D eigenvalue weighted by Crippen LogP contribution is -2.15. The van der Waals surface area contributed by atoms with Crippen LogP contribution in [0.5, 0.6) is 0 Å². The zero-order valence-electron chi connectivity index (χ0n) is 20.8. The monoisotopic (exact) mass is 468 g/mol. The molecular formula is C31H33FN2O. The Kier molecular flexibility index (Phi) is 6.72. The summed E-state index contributed by atoms with van der Waals surface area (Å²) < 4.78 is 20.4. The summed E-state index contributed by atoms with van der Waals surface area (Å²) in [6.45, 7) is 6.39. The van der Waals surface area contributed by atoms with Crippen molar-refractivity contribution in [2.45, 2.75) is 65.3 Å². The van der Waals surface area contributed by atoms with Crippen molar-refractivity contribution in [2.24, 2.45) is 0 Å². The molecule has 4 heteroatoms. The van der Waals surface area contributed by atoms with Crippen molar-refractivity contribution in [3.63, 3.8) is 0 Å². The fraction of sp³-hybridized carbons (Fsp3) is 0.323. The van der Waals surface area contributed by atoms with Gasteiger partial charge in [0, 0.05) is 24.2 Å². The van der Waals surface area contributed by atoms with Crippen LogP contribution < -0.4 is 5.32 Å². The van der Waals surface area contributed by atoms with Crippen LogP contribution >= 0.6 is 0 Å². The smallest absolute Gasteiger partial charge is 0.127 e. The standard InChI is InChI=1S/C31H33FN2O/c1-20-17-28(25-13-15-30(33-19-25)34-26-7-4-5-8-26)21(2)22(3)31(20)24-11-10-23(29(32)18-24)12-14-27-9-6-16-35-27/h6,9-11,13,15-19,26H,4-5,7-8,12,14H2,1-3H3,(H,33,34). The largest absolute Gasteiger partial charge is 0.469 e. The third-order valence-electron chi connectivity index (χ3n) is 7.44. The first-order valence-electron chi connectivity index (χ1n) is 12.6. The molecule has 35 heavy (non-hydrogen) atoms. The first-order chi connectivity index (χ1) is 17.0. The second-order valence-corrected chi connectivity index (χ2v) is 9.81. The number of pyridine rings is 1. The summed E-state index contributed by atoms with van der Waals surface area (Å²) in [5.41, 5.74) is 8.54. The van der Waals surface area contributed by atoms with Crippen LogP contribution in [0.2, 0.25) is 0 Å². The van der Waals surface area contributed by atoms with Gasteiger partial charge in [0.05, 0.1) is 6.26 Å². The molecule has 0 unspecified atom stereocenters. The maximum absolute atomic E-state index is 15.0. The number of anilines is 1. The second-order valence-electron chi connectivity index (χ2n) is 9.81. The van der Waals surface area contributed by atoms with E-state index >= 15 is 4.39 Å². The molecular weight excluding hydrogens is 435 g/mol. The van der Waals surface area contributed by atoms with E-state index in [-0.39, 0.29) is 5.82 Å². The van der Waals surface area contributed by atoms with Gasteiger partial charge in [0.15, 0.2) is 0 Å². The maximum atomic E-state index is 15.0. The SMILES string of the molecule is Cc1cc(-c2ccc(NC3CCCC3)nc2)c(C)c(C)c1-c1ccc(CCc2ccco2)c(F)c1. The number of rotatable bonds is 7. The minimum atomic E-state index is -0.163. The van der Waals surface area contributed by atoms with Gasteiger partial charge in [0.25, 0.3) is 0 Å². The fourth-order valence-electron chi connectivity index (χ4n) is 5.36. The van der Waals surface area contributed by atoms with Crippen LogP contribution in [0.25, 0.3) is 22.3 Å². The summed E-state index contributed by atoms with van der Waals surface area (Å²) in [6, 6.07) is 16.4.